The van der Waals surface area contributed by atoms with Gasteiger partial charge in [0.25, 0.3) is 5.69 Å². The van der Waals surface area contributed by atoms with Crippen molar-refractivity contribution in [3.8, 4) is 11.5 Å². The van der Waals surface area contributed by atoms with Crippen LogP contribution in [0.4, 0.5) is 5.69 Å². The van der Waals surface area contributed by atoms with E-state index < -0.39 is 10.9 Å². The number of rotatable bonds is 6. The van der Waals surface area contributed by atoms with Gasteiger partial charge in [-0.2, -0.15) is 0 Å². The third-order valence-corrected chi connectivity index (χ3v) is 4.40. The van der Waals surface area contributed by atoms with Crippen LogP contribution >= 0.6 is 0 Å². The first-order valence-corrected chi connectivity index (χ1v) is 8.90. The third kappa shape index (κ3) is 4.92. The molecule has 0 aliphatic heterocycles. The normalized spacial score (nSPS) is 10.6. The second-order valence-corrected chi connectivity index (χ2v) is 6.63. The number of aromatic nitrogens is 2. The fourth-order valence-electron chi connectivity index (χ4n) is 2.86. The van der Waals surface area contributed by atoms with Crippen LogP contribution in [-0.4, -0.2) is 26.0 Å². The number of hydrogen-bond donors (Lipinski definition) is 1. The van der Waals surface area contributed by atoms with Gasteiger partial charge in [-0.05, 0) is 61.1 Å². The zero-order valence-corrected chi connectivity index (χ0v) is 16.0. The second-order valence-electron chi connectivity index (χ2n) is 6.63. The summed E-state index contributed by atoms with van der Waals surface area (Å²) in [5.41, 5.74) is 3.53. The van der Waals surface area contributed by atoms with Crippen LogP contribution in [0.25, 0.3) is 0 Å². The van der Waals surface area contributed by atoms with E-state index in [0.717, 1.165) is 28.7 Å². The van der Waals surface area contributed by atoms with Gasteiger partial charge >= 0.3 is 5.97 Å². The van der Waals surface area contributed by atoms with E-state index in [2.05, 4.69) is 9.97 Å². The number of aromatic hydroxyl groups is 1. The Morgan fingerprint density at radius 1 is 1.03 bits per heavy atom. The maximum absolute atomic E-state index is 12.1. The van der Waals surface area contributed by atoms with E-state index in [-0.39, 0.29) is 17.3 Å². The lowest BCUT2D eigenvalue weighted by Gasteiger charge is -2.08. The molecule has 0 saturated carbocycles. The first-order valence-electron chi connectivity index (χ1n) is 8.90. The van der Waals surface area contributed by atoms with Gasteiger partial charge in [0, 0.05) is 24.5 Å². The Morgan fingerprint density at radius 2 is 1.59 bits per heavy atom. The fraction of sp³-hybridized carbons (Fsp3) is 0.190. The van der Waals surface area contributed by atoms with Crippen LogP contribution in [0.1, 0.15) is 32.9 Å². The van der Waals surface area contributed by atoms with Crippen LogP contribution in [0.2, 0.25) is 0 Å². The molecule has 0 saturated heterocycles. The van der Waals surface area contributed by atoms with E-state index in [4.69, 9.17) is 4.74 Å². The molecule has 3 aromatic rings. The highest BCUT2D eigenvalue weighted by Gasteiger charge is 2.13. The highest BCUT2D eigenvalue weighted by atomic mass is 16.6. The number of nitro groups is 1. The summed E-state index contributed by atoms with van der Waals surface area (Å²) in [6.45, 7) is 3.72. The van der Waals surface area contributed by atoms with E-state index >= 15 is 0 Å². The molecule has 0 atom stereocenters. The maximum atomic E-state index is 12.1. The molecule has 0 radical (unpaired) electrons. The van der Waals surface area contributed by atoms with Crippen molar-refractivity contribution in [3.63, 3.8) is 0 Å². The van der Waals surface area contributed by atoms with Gasteiger partial charge in [-0.1, -0.05) is 12.1 Å². The summed E-state index contributed by atoms with van der Waals surface area (Å²) < 4.78 is 5.13. The van der Waals surface area contributed by atoms with Crippen LogP contribution in [-0.2, 0) is 12.8 Å². The lowest BCUT2D eigenvalue weighted by Crippen LogP contribution is -2.13. The standard InChI is InChI=1S/C21H19N3O5/c1-13-9-15(10-14(2)19(13)25)3-4-16-11-22-20(23-12-16)21(26)29-18-7-5-17(6-8-18)24(27)28/h5-12,25H,3-4H2,1-2H3. The summed E-state index contributed by atoms with van der Waals surface area (Å²) in [5.74, 6) is -0.349. The van der Waals surface area contributed by atoms with Gasteiger partial charge in [0.15, 0.2) is 0 Å². The van der Waals surface area contributed by atoms with Crippen LogP contribution in [0, 0.1) is 24.0 Å². The zero-order valence-electron chi connectivity index (χ0n) is 16.0. The van der Waals surface area contributed by atoms with Gasteiger partial charge in [-0.3, -0.25) is 10.1 Å². The number of phenols is 1. The number of non-ortho nitro benzene ring substituents is 1. The molecule has 148 valence electrons. The van der Waals surface area contributed by atoms with E-state index in [1.807, 2.05) is 26.0 Å². The Labute approximate surface area is 167 Å². The molecule has 1 aromatic heterocycles. The Balaban J connectivity index is 1.60. The average molecular weight is 393 g/mol. The zero-order chi connectivity index (χ0) is 21.0. The highest BCUT2D eigenvalue weighted by Crippen LogP contribution is 2.23. The molecule has 8 heteroatoms. The van der Waals surface area contributed by atoms with Gasteiger partial charge in [0.05, 0.1) is 4.92 Å². The Kier molecular flexibility index (Phi) is 5.82. The summed E-state index contributed by atoms with van der Waals surface area (Å²) in [6, 6.07) is 9.06. The number of nitrogens with zero attached hydrogens (tertiary/aromatic N) is 3. The van der Waals surface area contributed by atoms with Crippen LogP contribution in [0.15, 0.2) is 48.8 Å². The Morgan fingerprint density at radius 3 is 2.14 bits per heavy atom. The lowest BCUT2D eigenvalue weighted by atomic mass is 10.0. The molecule has 0 fully saturated rings. The van der Waals surface area contributed by atoms with Crippen LogP contribution < -0.4 is 4.74 Å². The monoisotopic (exact) mass is 393 g/mol. The number of carbonyl (C=O) groups is 1. The van der Waals surface area contributed by atoms with E-state index in [1.54, 1.807) is 12.4 Å². The molecular formula is C21H19N3O5. The first kappa shape index (κ1) is 19.9. The van der Waals surface area contributed by atoms with Gasteiger partial charge in [0.1, 0.15) is 11.5 Å². The molecule has 0 aliphatic rings. The number of esters is 1. The molecule has 0 amide bonds. The lowest BCUT2D eigenvalue weighted by molar-refractivity contribution is -0.384. The molecular weight excluding hydrogens is 374 g/mol. The minimum absolute atomic E-state index is 0.0931. The Hall–Kier alpha value is -3.81. The van der Waals surface area contributed by atoms with Crippen molar-refractivity contribution < 1.29 is 19.6 Å². The molecule has 29 heavy (non-hydrogen) atoms. The summed E-state index contributed by atoms with van der Waals surface area (Å²) in [7, 11) is 0. The first-order chi connectivity index (χ1) is 13.8. The van der Waals surface area contributed by atoms with Gasteiger partial charge in [-0.15, -0.1) is 0 Å². The maximum Gasteiger partial charge on any atom is 0.381 e. The topological polar surface area (TPSA) is 115 Å². The summed E-state index contributed by atoms with van der Waals surface area (Å²) in [5, 5.41) is 20.5. The number of nitro benzene ring substituents is 1. The highest BCUT2D eigenvalue weighted by molar-refractivity contribution is 5.86. The Bertz CT molecular complexity index is 1020. The predicted octanol–water partition coefficient (Wildman–Crippen LogP) is 3.71. The van der Waals surface area contributed by atoms with E-state index in [9.17, 15) is 20.0 Å². The quantitative estimate of drug-likeness (QED) is 0.294. The van der Waals surface area contributed by atoms with Crippen molar-refractivity contribution in [2.75, 3.05) is 0 Å². The fourth-order valence-corrected chi connectivity index (χ4v) is 2.86. The summed E-state index contributed by atoms with van der Waals surface area (Å²) in [4.78, 5) is 30.3. The van der Waals surface area contributed by atoms with Crippen molar-refractivity contribution in [2.45, 2.75) is 26.7 Å². The van der Waals surface area contributed by atoms with Crippen molar-refractivity contribution in [2.24, 2.45) is 0 Å². The number of carbonyl (C=O) groups excluding carboxylic acids is 1. The molecule has 8 nitrogen and oxygen atoms in total. The third-order valence-electron chi connectivity index (χ3n) is 4.40. The molecule has 1 heterocycles. The molecule has 0 bridgehead atoms. The molecule has 0 aliphatic carbocycles. The van der Waals surface area contributed by atoms with Crippen molar-refractivity contribution >= 4 is 11.7 Å². The SMILES string of the molecule is Cc1cc(CCc2cnc(C(=O)Oc3ccc([N+](=O)[O-])cc3)nc2)cc(C)c1O. The van der Waals surface area contributed by atoms with E-state index in [0.29, 0.717) is 12.2 Å². The van der Waals surface area contributed by atoms with Gasteiger partial charge in [-0.25, -0.2) is 14.8 Å². The summed E-state index contributed by atoms with van der Waals surface area (Å²) in [6.07, 6.45) is 4.57. The number of aryl methyl sites for hydroxylation is 4. The molecule has 3 rings (SSSR count). The molecule has 2 aromatic carbocycles. The van der Waals surface area contributed by atoms with Crippen molar-refractivity contribution in [3.05, 3.63) is 87.0 Å². The molecule has 0 spiro atoms. The average Bonchev–Trinajstić information content (AvgIpc) is 2.71. The number of benzene rings is 2. The molecule has 1 N–H and O–H groups in total. The van der Waals surface area contributed by atoms with Gasteiger partial charge in [0.2, 0.25) is 5.82 Å². The molecule has 0 unspecified atom stereocenters. The second kappa shape index (κ2) is 8.47. The summed E-state index contributed by atoms with van der Waals surface area (Å²) >= 11 is 0. The smallest absolute Gasteiger partial charge is 0.381 e. The van der Waals surface area contributed by atoms with Crippen molar-refractivity contribution in [1.29, 1.82) is 0 Å². The minimum Gasteiger partial charge on any atom is -0.507 e. The van der Waals surface area contributed by atoms with Gasteiger partial charge < -0.3 is 9.84 Å². The number of ether oxygens (including phenoxy) is 1. The van der Waals surface area contributed by atoms with E-state index in [1.165, 1.54) is 24.3 Å². The van der Waals surface area contributed by atoms with Crippen LogP contribution in [0.3, 0.4) is 0 Å². The number of hydrogen-bond acceptors (Lipinski definition) is 7. The van der Waals surface area contributed by atoms with Crippen molar-refractivity contribution in [1.82, 2.24) is 9.97 Å². The largest absolute Gasteiger partial charge is 0.507 e. The van der Waals surface area contributed by atoms with Crippen LogP contribution in [0.5, 0.6) is 11.5 Å². The predicted molar refractivity (Wildman–Crippen MR) is 105 cm³/mol. The minimum atomic E-state index is -0.741. The number of phenolic OH excluding ortho intramolecular Hbond substituents is 1.